The summed E-state index contributed by atoms with van der Waals surface area (Å²) >= 11 is 0. The number of hydrogen-bond acceptors (Lipinski definition) is 1. The van der Waals surface area contributed by atoms with E-state index in [2.05, 4.69) is 56.2 Å². The van der Waals surface area contributed by atoms with E-state index in [4.69, 9.17) is 0 Å². The first-order valence-electron chi connectivity index (χ1n) is 5.64. The van der Waals surface area contributed by atoms with Crippen LogP contribution in [-0.2, 0) is 0 Å². The summed E-state index contributed by atoms with van der Waals surface area (Å²) in [4.78, 5) is 0. The van der Waals surface area contributed by atoms with Crippen LogP contribution in [0.4, 0.5) is 0 Å². The van der Waals surface area contributed by atoms with E-state index in [1.165, 1.54) is 23.8 Å². The van der Waals surface area contributed by atoms with Crippen molar-refractivity contribution in [2.45, 2.75) is 20.8 Å². The predicted molar refractivity (Wildman–Crippen MR) is 72.2 cm³/mol. The van der Waals surface area contributed by atoms with Gasteiger partial charge >= 0.3 is 0 Å². The van der Waals surface area contributed by atoms with Crippen molar-refractivity contribution < 1.29 is 0 Å². The summed E-state index contributed by atoms with van der Waals surface area (Å²) < 4.78 is 2.55. The summed E-state index contributed by atoms with van der Waals surface area (Å²) in [7, 11) is -0.259. The van der Waals surface area contributed by atoms with Gasteiger partial charge in [0.25, 0.3) is 0 Å². The van der Waals surface area contributed by atoms with Crippen LogP contribution in [0.15, 0.2) is 30.8 Å². The summed E-state index contributed by atoms with van der Waals surface area (Å²) in [6.07, 6.45) is 0. The minimum atomic E-state index is -0.259. The van der Waals surface area contributed by atoms with Gasteiger partial charge in [0.2, 0.25) is 0 Å². The molecule has 0 amide bonds. The van der Waals surface area contributed by atoms with E-state index in [1.807, 2.05) is 0 Å². The molecule has 0 bridgehead atoms. The molecule has 1 nitrogen and oxygen atoms in total. The first kappa shape index (κ1) is 12.2. The fourth-order valence-corrected chi connectivity index (χ4v) is 3.16. The van der Waals surface area contributed by atoms with Gasteiger partial charge in [0.05, 0.1) is 0 Å². The standard InChI is InChI=1S/C13H21NSi/c1-5-14(6-2)15-13-9-7-8-12(10-13)11(3)4/h7-10H,3,5-6,15H2,1-2,4H3. The second kappa shape index (κ2) is 5.88. The van der Waals surface area contributed by atoms with E-state index < -0.39 is 0 Å². The zero-order valence-corrected chi connectivity index (χ0v) is 11.5. The summed E-state index contributed by atoms with van der Waals surface area (Å²) in [6, 6.07) is 8.84. The quantitative estimate of drug-likeness (QED) is 0.682. The lowest BCUT2D eigenvalue weighted by atomic mass is 10.1. The molecule has 0 N–H and O–H groups in total. The van der Waals surface area contributed by atoms with Crippen LogP contribution in [0.2, 0.25) is 0 Å². The molecule has 0 aromatic heterocycles. The molecule has 0 radical (unpaired) electrons. The van der Waals surface area contributed by atoms with Crippen molar-refractivity contribution in [1.29, 1.82) is 0 Å². The Bertz CT molecular complexity index is 329. The topological polar surface area (TPSA) is 3.24 Å². The molecular weight excluding hydrogens is 198 g/mol. The smallest absolute Gasteiger partial charge is 0.127 e. The van der Waals surface area contributed by atoms with Crippen molar-refractivity contribution >= 4 is 20.4 Å². The first-order chi connectivity index (χ1) is 7.17. The zero-order valence-electron chi connectivity index (χ0n) is 10.1. The van der Waals surface area contributed by atoms with Gasteiger partial charge in [-0.3, -0.25) is 0 Å². The van der Waals surface area contributed by atoms with E-state index in [-0.39, 0.29) is 9.68 Å². The summed E-state index contributed by atoms with van der Waals surface area (Å²) in [6.45, 7) is 12.9. The Morgan fingerprint density at radius 1 is 1.33 bits per heavy atom. The molecule has 0 aliphatic rings. The molecule has 2 heteroatoms. The lowest BCUT2D eigenvalue weighted by Crippen LogP contribution is -2.35. The van der Waals surface area contributed by atoms with Gasteiger partial charge in [-0.25, -0.2) is 0 Å². The van der Waals surface area contributed by atoms with Gasteiger partial charge in [0, 0.05) is 0 Å². The molecule has 0 unspecified atom stereocenters. The van der Waals surface area contributed by atoms with Crippen molar-refractivity contribution in [3.8, 4) is 0 Å². The molecule has 0 aliphatic carbocycles. The van der Waals surface area contributed by atoms with Crippen LogP contribution in [0, 0.1) is 0 Å². The number of rotatable bonds is 5. The third-order valence-corrected chi connectivity index (χ3v) is 4.87. The van der Waals surface area contributed by atoms with E-state index >= 15 is 0 Å². The third-order valence-electron chi connectivity index (χ3n) is 2.72. The highest BCUT2D eigenvalue weighted by Gasteiger charge is 2.02. The van der Waals surface area contributed by atoms with Crippen molar-refractivity contribution in [1.82, 2.24) is 4.57 Å². The molecule has 15 heavy (non-hydrogen) atoms. The molecule has 0 aliphatic heterocycles. The minimum Gasteiger partial charge on any atom is -0.325 e. The Balaban J connectivity index is 2.77. The predicted octanol–water partition coefficient (Wildman–Crippen LogP) is 1.77. The molecule has 1 rings (SSSR count). The van der Waals surface area contributed by atoms with E-state index in [1.54, 1.807) is 0 Å². The lowest BCUT2D eigenvalue weighted by Gasteiger charge is -2.17. The highest BCUT2D eigenvalue weighted by atomic mass is 28.2. The average molecular weight is 219 g/mol. The first-order valence-corrected chi connectivity index (χ1v) is 6.98. The largest absolute Gasteiger partial charge is 0.325 e. The normalized spacial score (nSPS) is 11.5. The van der Waals surface area contributed by atoms with Gasteiger partial charge in [0.15, 0.2) is 0 Å². The van der Waals surface area contributed by atoms with Crippen LogP contribution in [0.5, 0.6) is 0 Å². The monoisotopic (exact) mass is 219 g/mol. The molecule has 0 saturated carbocycles. The van der Waals surface area contributed by atoms with Crippen molar-refractivity contribution in [3.05, 3.63) is 36.4 Å². The van der Waals surface area contributed by atoms with Crippen molar-refractivity contribution in [2.75, 3.05) is 13.1 Å². The third kappa shape index (κ3) is 3.65. The van der Waals surface area contributed by atoms with Gasteiger partial charge in [-0.05, 0) is 30.8 Å². The Kier molecular flexibility index (Phi) is 4.79. The maximum Gasteiger partial charge on any atom is 0.127 e. The molecule has 0 spiro atoms. The van der Waals surface area contributed by atoms with E-state index in [9.17, 15) is 0 Å². The Morgan fingerprint density at radius 3 is 2.53 bits per heavy atom. The average Bonchev–Trinajstić information content (AvgIpc) is 2.26. The SMILES string of the molecule is C=C(C)c1cccc([SiH2]N(CC)CC)c1. The second-order valence-electron chi connectivity index (χ2n) is 3.94. The minimum absolute atomic E-state index is 0.259. The number of nitrogens with zero attached hydrogens (tertiary/aromatic N) is 1. The molecule has 82 valence electrons. The molecule has 0 heterocycles. The van der Waals surface area contributed by atoms with Crippen LogP contribution in [0.25, 0.3) is 5.57 Å². The Hall–Kier alpha value is -0.863. The summed E-state index contributed by atoms with van der Waals surface area (Å²) in [5.41, 5.74) is 2.44. The maximum absolute atomic E-state index is 3.99. The molecule has 1 aromatic rings. The fourth-order valence-electron chi connectivity index (χ4n) is 1.64. The summed E-state index contributed by atoms with van der Waals surface area (Å²) in [5.74, 6) is 0. The second-order valence-corrected chi connectivity index (χ2v) is 5.97. The van der Waals surface area contributed by atoms with Crippen LogP contribution >= 0.6 is 0 Å². The number of hydrogen-bond donors (Lipinski definition) is 0. The summed E-state index contributed by atoms with van der Waals surface area (Å²) in [5, 5.41) is 1.51. The lowest BCUT2D eigenvalue weighted by molar-refractivity contribution is 0.498. The van der Waals surface area contributed by atoms with Crippen LogP contribution < -0.4 is 5.19 Å². The van der Waals surface area contributed by atoms with E-state index in [0.29, 0.717) is 0 Å². The van der Waals surface area contributed by atoms with Crippen LogP contribution in [-0.4, -0.2) is 27.3 Å². The zero-order chi connectivity index (χ0) is 11.3. The highest BCUT2D eigenvalue weighted by molar-refractivity contribution is 6.50. The Morgan fingerprint density at radius 2 is 2.00 bits per heavy atom. The number of allylic oxidation sites excluding steroid dienone is 1. The Labute approximate surface area is 95.7 Å². The highest BCUT2D eigenvalue weighted by Crippen LogP contribution is 2.08. The fraction of sp³-hybridized carbons (Fsp3) is 0.385. The van der Waals surface area contributed by atoms with Gasteiger partial charge in [-0.15, -0.1) is 0 Å². The maximum atomic E-state index is 3.99. The van der Waals surface area contributed by atoms with Crippen LogP contribution in [0.3, 0.4) is 0 Å². The molecule has 0 atom stereocenters. The van der Waals surface area contributed by atoms with Gasteiger partial charge in [-0.2, -0.15) is 0 Å². The van der Waals surface area contributed by atoms with Crippen LogP contribution in [0.1, 0.15) is 26.3 Å². The van der Waals surface area contributed by atoms with Gasteiger partial charge < -0.3 is 4.57 Å². The number of benzene rings is 1. The molecule has 1 aromatic carbocycles. The van der Waals surface area contributed by atoms with Crippen molar-refractivity contribution in [2.24, 2.45) is 0 Å². The van der Waals surface area contributed by atoms with E-state index in [0.717, 1.165) is 5.57 Å². The van der Waals surface area contributed by atoms with Gasteiger partial charge in [0.1, 0.15) is 9.68 Å². The molecular formula is C13H21NSi. The van der Waals surface area contributed by atoms with Gasteiger partial charge in [-0.1, -0.05) is 50.3 Å². The van der Waals surface area contributed by atoms with Crippen molar-refractivity contribution in [3.63, 3.8) is 0 Å². The molecule has 0 fully saturated rings. The molecule has 0 saturated heterocycles.